The van der Waals surface area contributed by atoms with Crippen LogP contribution in [0, 0.1) is 0 Å². The molecule has 5 heteroatoms. The summed E-state index contributed by atoms with van der Waals surface area (Å²) < 4.78 is 11.0. The van der Waals surface area contributed by atoms with Crippen LogP contribution in [0.1, 0.15) is 6.92 Å². The normalized spacial score (nSPS) is 32.8. The van der Waals surface area contributed by atoms with E-state index in [9.17, 15) is 5.11 Å². The van der Waals surface area contributed by atoms with Crippen LogP contribution in [0.3, 0.4) is 0 Å². The second kappa shape index (κ2) is 4.79. The van der Waals surface area contributed by atoms with E-state index in [1.54, 1.807) is 12.3 Å². The predicted octanol–water partition coefficient (Wildman–Crippen LogP) is 1.80. The Hall–Kier alpha value is 0.157. The van der Waals surface area contributed by atoms with Gasteiger partial charge < -0.3 is 14.3 Å². The third-order valence-corrected chi connectivity index (χ3v) is 7.76. The monoisotopic (exact) mass is 280 g/mol. The van der Waals surface area contributed by atoms with Gasteiger partial charge >= 0.3 is 0 Å². The molecule has 0 spiro atoms. The molecular weight excluding hydrogens is 264 g/mol. The van der Waals surface area contributed by atoms with Crippen molar-refractivity contribution in [2.75, 3.05) is 4.95 Å². The first-order valence-electron chi connectivity index (χ1n) is 4.70. The molecule has 1 aliphatic rings. The Morgan fingerprint density at radius 2 is 2.21 bits per heavy atom. The summed E-state index contributed by atoms with van der Waals surface area (Å²) in [6, 6.07) is 0. The van der Waals surface area contributed by atoms with Gasteiger partial charge in [0.25, 0.3) is 0 Å². The molecule has 0 bridgehead atoms. The molecule has 0 unspecified atom stereocenters. The van der Waals surface area contributed by atoms with Crippen LogP contribution in [0.5, 0.6) is 0 Å². The lowest BCUT2D eigenvalue weighted by atomic mass is 10.1. The third kappa shape index (κ3) is 3.08. The van der Waals surface area contributed by atoms with Crippen LogP contribution in [0.4, 0.5) is 0 Å². The highest BCUT2D eigenvalue weighted by Crippen LogP contribution is 2.20. The summed E-state index contributed by atoms with van der Waals surface area (Å²) in [6.45, 7) is 6.07. The van der Waals surface area contributed by atoms with Crippen molar-refractivity contribution in [3.63, 3.8) is 0 Å². The first-order chi connectivity index (χ1) is 6.46. The highest BCUT2D eigenvalue weighted by atomic mass is 79.9. The zero-order valence-corrected chi connectivity index (χ0v) is 11.3. The summed E-state index contributed by atoms with van der Waals surface area (Å²) >= 11 is 3.43. The summed E-state index contributed by atoms with van der Waals surface area (Å²) in [5.41, 5.74) is 0. The minimum atomic E-state index is -1.69. The summed E-state index contributed by atoms with van der Waals surface area (Å²) in [5.74, 6) is 0. The Kier molecular flexibility index (Phi) is 4.18. The summed E-state index contributed by atoms with van der Waals surface area (Å²) in [5, 5.41) is 9.80. The van der Waals surface area contributed by atoms with Crippen LogP contribution in [0.15, 0.2) is 12.3 Å². The Morgan fingerprint density at radius 1 is 1.57 bits per heavy atom. The minimum absolute atomic E-state index is 0.190. The van der Waals surface area contributed by atoms with E-state index >= 15 is 0 Å². The molecule has 0 amide bonds. The highest BCUT2D eigenvalue weighted by molar-refractivity contribution is 9.09. The van der Waals surface area contributed by atoms with Gasteiger partial charge in [0.05, 0.1) is 12.4 Å². The van der Waals surface area contributed by atoms with Gasteiger partial charge in [0.1, 0.15) is 12.2 Å². The quantitative estimate of drug-likeness (QED) is 0.633. The molecule has 0 aromatic rings. The Morgan fingerprint density at radius 3 is 2.79 bits per heavy atom. The molecule has 0 fully saturated rings. The zero-order chi connectivity index (χ0) is 10.8. The molecule has 14 heavy (non-hydrogen) atoms. The molecule has 1 aliphatic heterocycles. The Bertz CT molecular complexity index is 220. The fraction of sp³-hybridized carbons (Fsp3) is 0.778. The lowest BCUT2D eigenvalue weighted by Gasteiger charge is -2.33. The molecule has 1 heterocycles. The van der Waals surface area contributed by atoms with E-state index in [2.05, 4.69) is 29.0 Å². The van der Waals surface area contributed by atoms with Crippen LogP contribution in [-0.4, -0.2) is 36.7 Å². The van der Waals surface area contributed by atoms with Gasteiger partial charge in [0.15, 0.2) is 8.32 Å². The number of alkyl halides is 1. The minimum Gasteiger partial charge on any atom is -0.496 e. The van der Waals surface area contributed by atoms with Crippen molar-refractivity contribution in [1.82, 2.24) is 0 Å². The fourth-order valence-corrected chi connectivity index (χ4v) is 2.63. The maximum atomic E-state index is 9.80. The van der Waals surface area contributed by atoms with Crippen LogP contribution in [-0.2, 0) is 9.16 Å². The Balaban J connectivity index is 2.60. The number of halogens is 1. The molecular formula is C9H17BrO3Si. The largest absolute Gasteiger partial charge is 0.496 e. The molecule has 1 N–H and O–H groups in total. The maximum absolute atomic E-state index is 9.80. The number of hydrogen-bond donors (Lipinski definition) is 1. The van der Waals surface area contributed by atoms with E-state index in [1.165, 1.54) is 0 Å². The predicted molar refractivity (Wildman–Crippen MR) is 61.8 cm³/mol. The second-order valence-corrected chi connectivity index (χ2v) is 9.84. The average Bonchev–Trinajstić information content (AvgIpc) is 2.13. The number of ether oxygens (including phenoxy) is 1. The van der Waals surface area contributed by atoms with E-state index in [0.29, 0.717) is 0 Å². The van der Waals surface area contributed by atoms with Gasteiger partial charge in [-0.2, -0.15) is 0 Å². The summed E-state index contributed by atoms with van der Waals surface area (Å²) in [6.07, 6.45) is 2.41. The van der Waals surface area contributed by atoms with Crippen molar-refractivity contribution in [3.05, 3.63) is 12.3 Å². The molecule has 0 aliphatic carbocycles. The first-order valence-corrected chi connectivity index (χ1v) is 8.94. The second-order valence-electron chi connectivity index (χ2n) is 4.14. The number of rotatable bonds is 3. The lowest BCUT2D eigenvalue weighted by molar-refractivity contribution is -0.0482. The standard InChI is InChI=1S/C9H17BrO3Si/c1-7-9(11)8(4-5-12-7)13-14(2,3)6-10/h4-5,7-9,11H,6H2,1-3H3/t7-,8-,9-/m0/s1. The smallest absolute Gasteiger partial charge is 0.198 e. The van der Waals surface area contributed by atoms with Crippen molar-refractivity contribution >= 4 is 24.2 Å². The topological polar surface area (TPSA) is 38.7 Å². The van der Waals surface area contributed by atoms with Gasteiger partial charge in [-0.15, -0.1) is 0 Å². The van der Waals surface area contributed by atoms with Gasteiger partial charge in [0.2, 0.25) is 0 Å². The molecule has 0 saturated carbocycles. The lowest BCUT2D eigenvalue weighted by Crippen LogP contribution is -2.47. The molecule has 82 valence electrons. The molecule has 1 rings (SSSR count). The molecule has 0 aromatic heterocycles. The molecule has 0 radical (unpaired) electrons. The Labute approximate surface area is 94.4 Å². The van der Waals surface area contributed by atoms with Crippen molar-refractivity contribution in [1.29, 1.82) is 0 Å². The van der Waals surface area contributed by atoms with Gasteiger partial charge in [0, 0.05) is 4.95 Å². The van der Waals surface area contributed by atoms with Gasteiger partial charge in [-0.05, 0) is 26.1 Å². The van der Waals surface area contributed by atoms with Crippen molar-refractivity contribution in [3.8, 4) is 0 Å². The SMILES string of the molecule is C[C@@H]1OC=C[C@H](O[Si](C)(C)CBr)[C@H]1O. The van der Waals surface area contributed by atoms with Crippen LogP contribution in [0.25, 0.3) is 0 Å². The van der Waals surface area contributed by atoms with E-state index in [1.807, 2.05) is 6.92 Å². The van der Waals surface area contributed by atoms with E-state index in [4.69, 9.17) is 9.16 Å². The van der Waals surface area contributed by atoms with Crippen LogP contribution < -0.4 is 0 Å². The van der Waals surface area contributed by atoms with Crippen molar-refractivity contribution < 1.29 is 14.3 Å². The summed E-state index contributed by atoms with van der Waals surface area (Å²) in [7, 11) is -1.69. The van der Waals surface area contributed by atoms with Crippen LogP contribution in [0.2, 0.25) is 13.1 Å². The van der Waals surface area contributed by atoms with E-state index in [-0.39, 0.29) is 12.2 Å². The van der Waals surface area contributed by atoms with Crippen molar-refractivity contribution in [2.24, 2.45) is 0 Å². The van der Waals surface area contributed by atoms with Gasteiger partial charge in [-0.25, -0.2) is 0 Å². The fourth-order valence-electron chi connectivity index (χ4n) is 1.22. The molecule has 3 atom stereocenters. The molecule has 0 aromatic carbocycles. The molecule has 3 nitrogen and oxygen atoms in total. The van der Waals surface area contributed by atoms with E-state index < -0.39 is 14.4 Å². The number of hydrogen-bond acceptors (Lipinski definition) is 3. The average molecular weight is 281 g/mol. The van der Waals surface area contributed by atoms with Crippen LogP contribution >= 0.6 is 15.9 Å². The zero-order valence-electron chi connectivity index (χ0n) is 8.74. The number of aliphatic hydroxyl groups excluding tert-OH is 1. The van der Waals surface area contributed by atoms with Gasteiger partial charge in [-0.1, -0.05) is 15.9 Å². The van der Waals surface area contributed by atoms with E-state index in [0.717, 1.165) is 4.95 Å². The van der Waals surface area contributed by atoms with Gasteiger partial charge in [-0.3, -0.25) is 0 Å². The first kappa shape index (κ1) is 12.2. The highest BCUT2D eigenvalue weighted by Gasteiger charge is 2.33. The molecule has 0 saturated heterocycles. The third-order valence-electron chi connectivity index (χ3n) is 2.16. The van der Waals surface area contributed by atoms with Crippen molar-refractivity contribution in [2.45, 2.75) is 38.3 Å². The maximum Gasteiger partial charge on any atom is 0.198 e. The summed E-state index contributed by atoms with van der Waals surface area (Å²) in [4.78, 5) is 0.867. The number of aliphatic hydroxyl groups is 1.